The Labute approximate surface area is 128 Å². The molecular weight excluding hydrogens is 294 g/mol. The minimum absolute atomic E-state index is 0.249. The van der Waals surface area contributed by atoms with Gasteiger partial charge in [-0.3, -0.25) is 9.59 Å². The van der Waals surface area contributed by atoms with E-state index >= 15 is 0 Å². The van der Waals surface area contributed by atoms with Crippen LogP contribution in [0.3, 0.4) is 0 Å². The molecule has 0 aliphatic carbocycles. The number of nitrogens with zero attached hydrogens (tertiary/aromatic N) is 1. The highest BCUT2D eigenvalue weighted by molar-refractivity contribution is 6.32. The van der Waals surface area contributed by atoms with Crippen LogP contribution in [0.2, 0.25) is 5.02 Å². The lowest BCUT2D eigenvalue weighted by atomic mass is 10.2. The van der Waals surface area contributed by atoms with Crippen molar-refractivity contribution < 1.29 is 14.3 Å². The Balaban J connectivity index is 2.50. The number of ether oxygens (including phenoxy) is 1. The lowest BCUT2D eigenvalue weighted by Crippen LogP contribution is -2.46. The number of halogens is 1. The number of nitrogens with one attached hydrogen (secondary N) is 2. The SMILES string of the molecule is CCNC(=O)[C@@H](C)NC(=O)COc1ccc(C#N)cc1Cl. The predicted octanol–water partition coefficient (Wildman–Crippen LogP) is 1.23. The van der Waals surface area contributed by atoms with E-state index in [4.69, 9.17) is 21.6 Å². The molecule has 1 aromatic carbocycles. The third-order valence-electron chi connectivity index (χ3n) is 2.54. The molecule has 0 unspecified atom stereocenters. The summed E-state index contributed by atoms with van der Waals surface area (Å²) in [7, 11) is 0. The second-order valence-corrected chi connectivity index (χ2v) is 4.64. The molecule has 1 aromatic rings. The molecule has 2 N–H and O–H groups in total. The van der Waals surface area contributed by atoms with Crippen molar-refractivity contribution in [3.8, 4) is 11.8 Å². The van der Waals surface area contributed by atoms with Crippen LogP contribution in [0.5, 0.6) is 5.75 Å². The number of nitriles is 1. The summed E-state index contributed by atoms with van der Waals surface area (Å²) in [4.78, 5) is 23.1. The van der Waals surface area contributed by atoms with Crippen LogP contribution in [0.25, 0.3) is 0 Å². The third-order valence-corrected chi connectivity index (χ3v) is 2.84. The molecule has 6 nitrogen and oxygen atoms in total. The van der Waals surface area contributed by atoms with Crippen molar-refractivity contribution in [1.29, 1.82) is 5.26 Å². The van der Waals surface area contributed by atoms with Crippen LogP contribution < -0.4 is 15.4 Å². The van der Waals surface area contributed by atoms with Crippen molar-refractivity contribution in [1.82, 2.24) is 10.6 Å². The molecule has 1 atom stereocenters. The summed E-state index contributed by atoms with van der Waals surface area (Å²) >= 11 is 5.92. The van der Waals surface area contributed by atoms with Crippen molar-refractivity contribution >= 4 is 23.4 Å². The zero-order valence-electron chi connectivity index (χ0n) is 11.8. The first kappa shape index (κ1) is 16.8. The van der Waals surface area contributed by atoms with Crippen LogP contribution in [0.4, 0.5) is 0 Å². The van der Waals surface area contributed by atoms with E-state index in [1.165, 1.54) is 18.2 Å². The van der Waals surface area contributed by atoms with E-state index in [1.54, 1.807) is 13.8 Å². The topological polar surface area (TPSA) is 91.2 Å². The summed E-state index contributed by atoms with van der Waals surface area (Å²) < 4.78 is 5.25. The molecule has 0 aromatic heterocycles. The molecule has 0 saturated carbocycles. The maximum absolute atomic E-state index is 11.7. The molecule has 0 aliphatic heterocycles. The summed E-state index contributed by atoms with van der Waals surface area (Å²) in [5, 5.41) is 14.1. The van der Waals surface area contributed by atoms with E-state index in [1.807, 2.05) is 6.07 Å². The summed E-state index contributed by atoms with van der Waals surface area (Å²) in [5.74, 6) is -0.395. The van der Waals surface area contributed by atoms with Crippen molar-refractivity contribution in [2.45, 2.75) is 19.9 Å². The van der Waals surface area contributed by atoms with Crippen molar-refractivity contribution in [3.63, 3.8) is 0 Å². The molecule has 0 aliphatic rings. The van der Waals surface area contributed by atoms with E-state index in [-0.39, 0.29) is 17.5 Å². The fourth-order valence-electron chi connectivity index (χ4n) is 1.51. The molecule has 0 spiro atoms. The quantitative estimate of drug-likeness (QED) is 0.827. The summed E-state index contributed by atoms with van der Waals surface area (Å²) in [6.45, 7) is 3.60. The highest BCUT2D eigenvalue weighted by atomic mass is 35.5. The van der Waals surface area contributed by atoms with Gasteiger partial charge in [0.2, 0.25) is 5.91 Å². The smallest absolute Gasteiger partial charge is 0.258 e. The second kappa shape index (κ2) is 8.12. The number of hydrogen-bond donors (Lipinski definition) is 2. The first-order chi connectivity index (χ1) is 9.97. The Kier molecular flexibility index (Phi) is 6.50. The Hall–Kier alpha value is -2.26. The molecule has 0 radical (unpaired) electrons. The van der Waals surface area contributed by atoms with Gasteiger partial charge in [0, 0.05) is 6.54 Å². The van der Waals surface area contributed by atoms with Crippen LogP contribution >= 0.6 is 11.6 Å². The van der Waals surface area contributed by atoms with Crippen LogP contribution in [-0.4, -0.2) is 31.0 Å². The van der Waals surface area contributed by atoms with Crippen LogP contribution in [-0.2, 0) is 9.59 Å². The summed E-state index contributed by atoms with van der Waals surface area (Å²) in [5.41, 5.74) is 0.404. The average molecular weight is 310 g/mol. The van der Waals surface area contributed by atoms with Gasteiger partial charge in [-0.15, -0.1) is 0 Å². The summed E-state index contributed by atoms with van der Waals surface area (Å²) in [6.07, 6.45) is 0. The van der Waals surface area contributed by atoms with Gasteiger partial charge >= 0.3 is 0 Å². The van der Waals surface area contributed by atoms with Gasteiger partial charge in [0.05, 0.1) is 16.7 Å². The first-order valence-electron chi connectivity index (χ1n) is 6.37. The molecule has 0 heterocycles. The maximum Gasteiger partial charge on any atom is 0.258 e. The Morgan fingerprint density at radius 3 is 2.76 bits per heavy atom. The molecular formula is C14H16ClN3O3. The number of benzene rings is 1. The fraction of sp³-hybridized carbons (Fsp3) is 0.357. The van der Waals surface area contributed by atoms with E-state index in [0.717, 1.165) is 0 Å². The normalized spacial score (nSPS) is 11.1. The highest BCUT2D eigenvalue weighted by Crippen LogP contribution is 2.24. The molecule has 112 valence electrons. The number of carbonyl (C=O) groups excluding carboxylic acids is 2. The van der Waals surface area contributed by atoms with Gasteiger partial charge in [0.1, 0.15) is 11.8 Å². The Morgan fingerprint density at radius 1 is 1.48 bits per heavy atom. The lowest BCUT2D eigenvalue weighted by Gasteiger charge is -2.14. The van der Waals surface area contributed by atoms with Gasteiger partial charge in [-0.05, 0) is 32.0 Å². The van der Waals surface area contributed by atoms with Crippen molar-refractivity contribution in [2.75, 3.05) is 13.2 Å². The molecule has 7 heteroatoms. The molecule has 0 bridgehead atoms. The molecule has 0 fully saturated rings. The monoisotopic (exact) mass is 309 g/mol. The van der Waals surface area contributed by atoms with Gasteiger partial charge < -0.3 is 15.4 Å². The predicted molar refractivity (Wildman–Crippen MR) is 78.0 cm³/mol. The first-order valence-corrected chi connectivity index (χ1v) is 6.75. The number of rotatable bonds is 6. The molecule has 2 amide bonds. The number of carbonyl (C=O) groups is 2. The van der Waals surface area contributed by atoms with Gasteiger partial charge in [-0.1, -0.05) is 11.6 Å². The van der Waals surface area contributed by atoms with Gasteiger partial charge in [0.15, 0.2) is 6.61 Å². The minimum atomic E-state index is -0.641. The fourth-order valence-corrected chi connectivity index (χ4v) is 1.74. The lowest BCUT2D eigenvalue weighted by molar-refractivity contribution is -0.129. The molecule has 21 heavy (non-hydrogen) atoms. The second-order valence-electron chi connectivity index (χ2n) is 4.23. The molecule has 1 rings (SSSR count). The highest BCUT2D eigenvalue weighted by Gasteiger charge is 2.15. The van der Waals surface area contributed by atoms with Gasteiger partial charge in [0.25, 0.3) is 5.91 Å². The maximum atomic E-state index is 11.7. The van der Waals surface area contributed by atoms with E-state index < -0.39 is 11.9 Å². The van der Waals surface area contributed by atoms with E-state index in [2.05, 4.69) is 10.6 Å². The van der Waals surface area contributed by atoms with Gasteiger partial charge in [-0.25, -0.2) is 0 Å². The zero-order chi connectivity index (χ0) is 15.8. The van der Waals surface area contributed by atoms with Gasteiger partial charge in [-0.2, -0.15) is 5.26 Å². The largest absolute Gasteiger partial charge is 0.482 e. The number of likely N-dealkylation sites (N-methyl/N-ethyl adjacent to an activating group) is 1. The standard InChI is InChI=1S/C14H16ClN3O3/c1-3-17-14(20)9(2)18-13(19)8-21-12-5-4-10(7-16)6-11(12)15/h4-6,9H,3,8H2,1-2H3,(H,17,20)(H,18,19)/t9-/m1/s1. The number of amides is 2. The van der Waals surface area contributed by atoms with E-state index in [9.17, 15) is 9.59 Å². The summed E-state index contributed by atoms with van der Waals surface area (Å²) in [6, 6.07) is 5.81. The average Bonchev–Trinajstić information content (AvgIpc) is 2.46. The van der Waals surface area contributed by atoms with Crippen LogP contribution in [0, 0.1) is 11.3 Å². The number of hydrogen-bond acceptors (Lipinski definition) is 4. The van der Waals surface area contributed by atoms with E-state index in [0.29, 0.717) is 17.9 Å². The van der Waals surface area contributed by atoms with Crippen molar-refractivity contribution in [3.05, 3.63) is 28.8 Å². The zero-order valence-corrected chi connectivity index (χ0v) is 12.5. The Morgan fingerprint density at radius 2 is 2.19 bits per heavy atom. The molecule has 0 saturated heterocycles. The Bertz CT molecular complexity index is 569. The third kappa shape index (κ3) is 5.32. The van der Waals surface area contributed by atoms with Crippen molar-refractivity contribution in [2.24, 2.45) is 0 Å². The minimum Gasteiger partial charge on any atom is -0.482 e. The van der Waals surface area contributed by atoms with Crippen LogP contribution in [0.1, 0.15) is 19.4 Å². The van der Waals surface area contributed by atoms with Crippen LogP contribution in [0.15, 0.2) is 18.2 Å².